The number of amides is 1. The fraction of sp³-hybridized carbons (Fsp3) is 0.514. The number of hydrogen-bond acceptors (Lipinski definition) is 10. The van der Waals surface area contributed by atoms with Crippen molar-refractivity contribution >= 4 is 66.2 Å². The van der Waals surface area contributed by atoms with Crippen molar-refractivity contribution in [3.05, 3.63) is 35.7 Å². The van der Waals surface area contributed by atoms with Crippen molar-refractivity contribution in [1.82, 2.24) is 29.6 Å². The van der Waals surface area contributed by atoms with E-state index in [1.54, 1.807) is 16.9 Å². The quantitative estimate of drug-likeness (QED) is 0.133. The molecule has 3 aliphatic rings. The van der Waals surface area contributed by atoms with Crippen molar-refractivity contribution in [1.29, 1.82) is 0 Å². The van der Waals surface area contributed by atoms with E-state index in [0.29, 0.717) is 45.3 Å². The van der Waals surface area contributed by atoms with Crippen LogP contribution in [0.15, 0.2) is 29.7 Å². The number of nitrogens with zero attached hydrogens (tertiary/aromatic N) is 7. The second-order valence-electron chi connectivity index (χ2n) is 14.3. The number of aromatic nitrogens is 5. The van der Waals surface area contributed by atoms with Crippen LogP contribution in [0.2, 0.25) is 0 Å². The Morgan fingerprint density at radius 3 is 2.50 bits per heavy atom. The van der Waals surface area contributed by atoms with E-state index in [2.05, 4.69) is 15.0 Å². The number of benzene rings is 1. The summed E-state index contributed by atoms with van der Waals surface area (Å²) in [6.07, 6.45) is 4.06. The Balaban J connectivity index is 1.29. The molecule has 3 atom stereocenters. The van der Waals surface area contributed by atoms with Gasteiger partial charge in [-0.3, -0.25) is 9.88 Å². The first kappa shape index (κ1) is 33.5. The Morgan fingerprint density at radius 2 is 1.84 bits per heavy atom. The van der Waals surface area contributed by atoms with Gasteiger partial charge < -0.3 is 14.4 Å². The molecule has 5 aromatic rings. The van der Waals surface area contributed by atoms with Crippen LogP contribution in [-0.2, 0) is 15.7 Å². The maximum Gasteiger partial charge on any atom is 0.417 e. The molecule has 1 unspecified atom stereocenters. The first-order valence-electron chi connectivity index (χ1n) is 16.9. The normalized spacial score (nSPS) is 21.6. The topological polar surface area (TPSA) is 98.5 Å². The van der Waals surface area contributed by atoms with Gasteiger partial charge in [0.2, 0.25) is 0 Å². The number of pyridine rings is 1. The fourth-order valence-electron chi connectivity index (χ4n) is 7.83. The monoisotopic (exact) mass is 725 g/mol. The number of ether oxygens (including phenoxy) is 2. The van der Waals surface area contributed by atoms with Gasteiger partial charge in [-0.2, -0.15) is 18.3 Å². The van der Waals surface area contributed by atoms with Crippen LogP contribution in [0.5, 0.6) is 0 Å². The highest BCUT2D eigenvalue weighted by Crippen LogP contribution is 2.49. The van der Waals surface area contributed by atoms with Gasteiger partial charge in [-0.25, -0.2) is 19.4 Å². The molecule has 8 rings (SSSR count). The number of hydrogen-bond donors (Lipinski definition) is 0. The number of carbonyl (C=O) groups is 1. The summed E-state index contributed by atoms with van der Waals surface area (Å²) in [5.41, 5.74) is -0.394. The zero-order chi connectivity index (χ0) is 35.1. The van der Waals surface area contributed by atoms with E-state index in [0.717, 1.165) is 48.7 Å². The van der Waals surface area contributed by atoms with Crippen molar-refractivity contribution in [2.24, 2.45) is 0 Å². The van der Waals surface area contributed by atoms with Gasteiger partial charge in [0.1, 0.15) is 16.2 Å². The largest absolute Gasteiger partial charge is 0.444 e. The van der Waals surface area contributed by atoms with Crippen LogP contribution < -0.4 is 4.90 Å². The number of fused-ring (bicyclic) bond motifs is 6. The average Bonchev–Trinajstić information content (AvgIpc) is 3.73. The lowest BCUT2D eigenvalue weighted by Gasteiger charge is -2.42. The van der Waals surface area contributed by atoms with E-state index in [1.807, 2.05) is 38.0 Å². The number of carbonyl (C=O) groups excluding carboxylic acids is 1. The number of aryl methyl sites for hydroxylation is 1. The fourth-order valence-corrected chi connectivity index (χ4v) is 9.40. The minimum atomic E-state index is -4.64. The lowest BCUT2D eigenvalue weighted by Crippen LogP contribution is -2.57. The van der Waals surface area contributed by atoms with Gasteiger partial charge in [0, 0.05) is 42.2 Å². The predicted octanol–water partition coefficient (Wildman–Crippen LogP) is 8.59. The smallest absolute Gasteiger partial charge is 0.417 e. The summed E-state index contributed by atoms with van der Waals surface area (Å²) in [4.78, 5) is 32.5. The molecule has 0 aliphatic carbocycles. The molecule has 0 N–H and O–H groups in total. The lowest BCUT2D eigenvalue weighted by molar-refractivity contribution is -0.137. The zero-order valence-electron chi connectivity index (χ0n) is 28.5. The van der Waals surface area contributed by atoms with Crippen LogP contribution in [0.25, 0.3) is 42.5 Å². The molecule has 1 aromatic carbocycles. The minimum Gasteiger partial charge on any atom is -0.444 e. The van der Waals surface area contributed by atoms with Crippen molar-refractivity contribution < 1.29 is 27.4 Å². The predicted molar refractivity (Wildman–Crippen MR) is 189 cm³/mol. The molecule has 1 amide bonds. The Hall–Kier alpha value is -3.69. The van der Waals surface area contributed by atoms with Crippen LogP contribution >= 0.6 is 23.1 Å². The first-order valence-corrected chi connectivity index (χ1v) is 19.0. The number of thioether (sulfide) groups is 1. The molecule has 3 fully saturated rings. The van der Waals surface area contributed by atoms with Crippen molar-refractivity contribution in [2.45, 2.75) is 95.0 Å². The number of anilines is 1. The van der Waals surface area contributed by atoms with Gasteiger partial charge in [-0.05, 0) is 83.8 Å². The molecule has 4 aromatic heterocycles. The number of halogens is 3. The van der Waals surface area contributed by atoms with Crippen LogP contribution in [0.1, 0.15) is 70.2 Å². The Kier molecular flexibility index (Phi) is 8.18. The zero-order valence-corrected chi connectivity index (χ0v) is 30.1. The Bertz CT molecular complexity index is 2120. The van der Waals surface area contributed by atoms with Gasteiger partial charge in [0.05, 0.1) is 45.1 Å². The van der Waals surface area contributed by atoms with E-state index in [-0.39, 0.29) is 41.2 Å². The van der Waals surface area contributed by atoms with Gasteiger partial charge in [0.25, 0.3) is 0 Å². The van der Waals surface area contributed by atoms with Crippen molar-refractivity contribution in [2.75, 3.05) is 30.9 Å². The molecule has 0 saturated carbocycles. The SMILES string of the molecule is CSc1nc(N2C[C@H]3CC[C@@H](C2)N3C(=O)OC(C)(C)C)c2c(n1)sc1c(-c3c(C(F)(F)F)c(C)cc4c3cnn4C3CCCCO3)nccc12. The van der Waals surface area contributed by atoms with E-state index in [1.165, 1.54) is 36.2 Å². The number of rotatable bonds is 4. The molecular weight excluding hydrogens is 688 g/mol. The van der Waals surface area contributed by atoms with E-state index >= 15 is 13.2 Å². The number of piperazine rings is 1. The molecule has 10 nitrogen and oxygen atoms in total. The van der Waals surface area contributed by atoms with Crippen LogP contribution in [0.3, 0.4) is 0 Å². The molecule has 7 heterocycles. The number of alkyl halides is 3. The Morgan fingerprint density at radius 1 is 1.08 bits per heavy atom. The number of thiophene rings is 1. The summed E-state index contributed by atoms with van der Waals surface area (Å²) in [5, 5.41) is 7.04. The maximum atomic E-state index is 15.0. The molecule has 3 saturated heterocycles. The molecule has 3 aliphatic heterocycles. The second kappa shape index (κ2) is 12.2. The first-order chi connectivity index (χ1) is 23.8. The van der Waals surface area contributed by atoms with Crippen LogP contribution in [-0.4, -0.2) is 79.4 Å². The molecular formula is C35H38F3N7O3S2. The van der Waals surface area contributed by atoms with Gasteiger partial charge >= 0.3 is 12.3 Å². The summed E-state index contributed by atoms with van der Waals surface area (Å²) in [5.74, 6) is 0.719. The molecule has 0 radical (unpaired) electrons. The summed E-state index contributed by atoms with van der Waals surface area (Å²) in [6.45, 7) is 8.80. The van der Waals surface area contributed by atoms with Crippen molar-refractivity contribution in [3.63, 3.8) is 0 Å². The van der Waals surface area contributed by atoms with Crippen LogP contribution in [0.4, 0.5) is 23.8 Å². The van der Waals surface area contributed by atoms with E-state index < -0.39 is 17.3 Å². The third-order valence-corrected chi connectivity index (χ3v) is 11.5. The second-order valence-corrected chi connectivity index (χ2v) is 16.1. The van der Waals surface area contributed by atoms with Crippen molar-refractivity contribution in [3.8, 4) is 11.3 Å². The van der Waals surface area contributed by atoms with Gasteiger partial charge in [-0.1, -0.05) is 11.8 Å². The third kappa shape index (κ3) is 5.65. The Labute approximate surface area is 295 Å². The summed E-state index contributed by atoms with van der Waals surface area (Å²) < 4.78 is 59.1. The highest BCUT2D eigenvalue weighted by atomic mass is 32.2. The molecule has 2 bridgehead atoms. The van der Waals surface area contributed by atoms with Gasteiger partial charge in [0.15, 0.2) is 11.4 Å². The molecule has 264 valence electrons. The van der Waals surface area contributed by atoms with E-state index in [4.69, 9.17) is 19.4 Å². The van der Waals surface area contributed by atoms with E-state index in [9.17, 15) is 4.79 Å². The molecule has 0 spiro atoms. The standard InChI is InChI=1S/C35H38F3N7O3S2/c1-18-14-23-22(15-40-45(23)24-8-6-7-13-47-24)25(27(18)35(36,37)38)28-29-21(11-12-39-28)26-30(41-32(49-5)42-31(26)50-29)43-16-19-9-10-20(17-43)44(19)33(46)48-34(2,3)4/h11-12,14-15,19-20,24H,6-10,13,16-17H2,1-5H3/t19-,20+,24?. The highest BCUT2D eigenvalue weighted by molar-refractivity contribution is 7.98. The van der Waals surface area contributed by atoms with Gasteiger partial charge in [-0.15, -0.1) is 11.3 Å². The average molecular weight is 726 g/mol. The minimum absolute atomic E-state index is 0.00957. The maximum absolute atomic E-state index is 15.0. The molecule has 50 heavy (non-hydrogen) atoms. The molecule has 15 heteroatoms. The third-order valence-electron chi connectivity index (χ3n) is 9.83. The lowest BCUT2D eigenvalue weighted by atomic mass is 9.94. The summed E-state index contributed by atoms with van der Waals surface area (Å²) in [6, 6.07) is 3.31. The van der Waals surface area contributed by atoms with Crippen LogP contribution in [0, 0.1) is 6.92 Å². The highest BCUT2D eigenvalue weighted by Gasteiger charge is 2.45. The summed E-state index contributed by atoms with van der Waals surface area (Å²) in [7, 11) is 0. The summed E-state index contributed by atoms with van der Waals surface area (Å²) >= 11 is 2.74.